The molecule has 0 amide bonds. The van der Waals surface area contributed by atoms with Gasteiger partial charge < -0.3 is 0 Å². The van der Waals surface area contributed by atoms with Gasteiger partial charge in [-0.15, -0.1) is 0 Å². The maximum atomic E-state index is 14.1. The Labute approximate surface area is 166 Å². The second kappa shape index (κ2) is 10.3. The summed E-state index contributed by atoms with van der Waals surface area (Å²) in [6, 6.07) is 5.52. The third-order valence-electron chi connectivity index (χ3n) is 7.02. The predicted octanol–water partition coefficient (Wildman–Crippen LogP) is 7.54. The molecule has 0 spiro atoms. The Kier molecular flexibility index (Phi) is 7.81. The number of halogens is 1. The first-order chi connectivity index (χ1) is 13.2. The van der Waals surface area contributed by atoms with Crippen molar-refractivity contribution in [3.63, 3.8) is 0 Å². The number of rotatable bonds is 5. The molecule has 0 heterocycles. The summed E-state index contributed by atoms with van der Waals surface area (Å²) in [5, 5.41) is 0. The molecule has 0 radical (unpaired) electrons. The Morgan fingerprint density at radius 1 is 0.889 bits per heavy atom. The van der Waals surface area contributed by atoms with E-state index in [1.165, 1.54) is 64.2 Å². The Morgan fingerprint density at radius 3 is 2.15 bits per heavy atom. The minimum Gasteiger partial charge on any atom is -0.207 e. The van der Waals surface area contributed by atoms with Gasteiger partial charge in [0.05, 0.1) is 0 Å². The zero-order valence-electron chi connectivity index (χ0n) is 17.4. The quantitative estimate of drug-likeness (QED) is 0.471. The van der Waals surface area contributed by atoms with Crippen molar-refractivity contribution >= 4 is 0 Å². The predicted molar refractivity (Wildman–Crippen MR) is 113 cm³/mol. The van der Waals surface area contributed by atoms with Crippen LogP contribution < -0.4 is 0 Å². The van der Waals surface area contributed by atoms with E-state index in [1.54, 1.807) is 6.07 Å². The zero-order chi connectivity index (χ0) is 19.1. The van der Waals surface area contributed by atoms with E-state index in [0.29, 0.717) is 5.92 Å². The summed E-state index contributed by atoms with van der Waals surface area (Å²) in [6.07, 6.45) is 15.6. The Balaban J connectivity index is 1.46. The van der Waals surface area contributed by atoms with Crippen molar-refractivity contribution in [3.05, 3.63) is 35.1 Å². The number of hydrogen-bond acceptors (Lipinski definition) is 0. The van der Waals surface area contributed by atoms with E-state index in [9.17, 15) is 4.39 Å². The van der Waals surface area contributed by atoms with E-state index >= 15 is 0 Å². The molecule has 2 fully saturated rings. The van der Waals surface area contributed by atoms with Gasteiger partial charge in [0.2, 0.25) is 0 Å². The van der Waals surface area contributed by atoms with Gasteiger partial charge in [-0.1, -0.05) is 63.9 Å². The van der Waals surface area contributed by atoms with Crippen LogP contribution in [0.1, 0.15) is 95.6 Å². The molecule has 1 heteroatoms. The van der Waals surface area contributed by atoms with Crippen LogP contribution in [-0.4, -0.2) is 0 Å². The summed E-state index contributed by atoms with van der Waals surface area (Å²) in [6.45, 7) is 4.41. The largest absolute Gasteiger partial charge is 0.207 e. The molecule has 2 aliphatic carbocycles. The summed E-state index contributed by atoms with van der Waals surface area (Å²) in [5.41, 5.74) is 1.65. The molecule has 0 aromatic heterocycles. The topological polar surface area (TPSA) is 0 Å². The smallest absolute Gasteiger partial charge is 0.127 e. The van der Waals surface area contributed by atoms with E-state index in [4.69, 9.17) is 0 Å². The van der Waals surface area contributed by atoms with Crippen molar-refractivity contribution in [2.45, 2.75) is 90.9 Å². The molecular weight excluding hydrogens is 331 g/mol. The van der Waals surface area contributed by atoms with Gasteiger partial charge in [0.1, 0.15) is 5.82 Å². The molecule has 27 heavy (non-hydrogen) atoms. The summed E-state index contributed by atoms with van der Waals surface area (Å²) in [5.74, 6) is 10.0. The van der Waals surface area contributed by atoms with Gasteiger partial charge >= 0.3 is 0 Å². The second-order valence-corrected chi connectivity index (χ2v) is 9.01. The van der Waals surface area contributed by atoms with Crippen molar-refractivity contribution in [2.75, 3.05) is 0 Å². The Hall–Kier alpha value is -1.29. The number of benzene rings is 1. The minimum absolute atomic E-state index is 0.0916. The van der Waals surface area contributed by atoms with Gasteiger partial charge in [-0.3, -0.25) is 0 Å². The molecule has 0 saturated heterocycles. The van der Waals surface area contributed by atoms with Gasteiger partial charge in [-0.05, 0) is 80.4 Å². The average molecular weight is 369 g/mol. The van der Waals surface area contributed by atoms with Crippen LogP contribution in [0, 0.1) is 41.3 Å². The van der Waals surface area contributed by atoms with Crippen LogP contribution in [0.4, 0.5) is 4.39 Å². The fourth-order valence-electron chi connectivity index (χ4n) is 5.37. The van der Waals surface area contributed by atoms with E-state index < -0.39 is 0 Å². The average Bonchev–Trinajstić information content (AvgIpc) is 2.70. The van der Waals surface area contributed by atoms with Gasteiger partial charge in [0.15, 0.2) is 0 Å². The SMILES string of the molecule is CCCc1ccc(C#CC2CCC([C@H]3CC[C@H](CCC)CC3)CC2)cc1F. The van der Waals surface area contributed by atoms with Crippen LogP contribution in [0.25, 0.3) is 0 Å². The third-order valence-corrected chi connectivity index (χ3v) is 7.02. The van der Waals surface area contributed by atoms with Crippen LogP contribution in [0.2, 0.25) is 0 Å². The molecule has 1 aromatic rings. The maximum absolute atomic E-state index is 14.1. The van der Waals surface area contributed by atoms with Crippen molar-refractivity contribution in [3.8, 4) is 11.8 Å². The van der Waals surface area contributed by atoms with Crippen LogP contribution in [-0.2, 0) is 6.42 Å². The third kappa shape index (κ3) is 5.84. The van der Waals surface area contributed by atoms with Crippen molar-refractivity contribution in [2.24, 2.45) is 23.7 Å². The lowest BCUT2D eigenvalue weighted by atomic mass is 9.69. The Morgan fingerprint density at radius 2 is 1.56 bits per heavy atom. The van der Waals surface area contributed by atoms with Crippen LogP contribution in [0.3, 0.4) is 0 Å². The molecule has 2 saturated carbocycles. The van der Waals surface area contributed by atoms with Crippen LogP contribution in [0.5, 0.6) is 0 Å². The van der Waals surface area contributed by atoms with E-state index in [-0.39, 0.29) is 5.82 Å². The lowest BCUT2D eigenvalue weighted by molar-refractivity contribution is 0.154. The molecule has 3 rings (SSSR count). The van der Waals surface area contributed by atoms with Crippen LogP contribution in [0.15, 0.2) is 18.2 Å². The molecule has 0 bridgehead atoms. The second-order valence-electron chi connectivity index (χ2n) is 9.01. The molecule has 0 N–H and O–H groups in total. The first-order valence-corrected chi connectivity index (χ1v) is 11.5. The fraction of sp³-hybridized carbons (Fsp3) is 0.692. The highest BCUT2D eigenvalue weighted by Crippen LogP contribution is 2.42. The highest BCUT2D eigenvalue weighted by molar-refractivity contribution is 5.37. The summed E-state index contributed by atoms with van der Waals surface area (Å²) >= 11 is 0. The van der Waals surface area contributed by atoms with Gasteiger partial charge in [-0.2, -0.15) is 0 Å². The van der Waals surface area contributed by atoms with Gasteiger partial charge in [-0.25, -0.2) is 4.39 Å². The number of aryl methyl sites for hydroxylation is 1. The first kappa shape index (κ1) is 20.4. The lowest BCUT2D eigenvalue weighted by Crippen LogP contribution is -2.25. The standard InChI is InChI=1S/C26H37F/c1-3-5-20-9-14-23(15-10-20)24-16-11-21(12-17-24)7-8-22-13-18-25(6-4-2)26(27)19-22/h13,18-21,23-24H,3-6,9-12,14-17H2,1-2H3/t20-,21?,23-,24?. The lowest BCUT2D eigenvalue weighted by Gasteiger charge is -2.37. The molecule has 1 aromatic carbocycles. The van der Waals surface area contributed by atoms with Crippen molar-refractivity contribution < 1.29 is 4.39 Å². The molecule has 148 valence electrons. The summed E-state index contributed by atoms with van der Waals surface area (Å²) in [4.78, 5) is 0. The highest BCUT2D eigenvalue weighted by Gasteiger charge is 2.30. The van der Waals surface area contributed by atoms with E-state index in [2.05, 4.69) is 25.7 Å². The molecule has 0 aliphatic heterocycles. The maximum Gasteiger partial charge on any atom is 0.127 e. The van der Waals surface area contributed by atoms with Crippen molar-refractivity contribution in [1.29, 1.82) is 0 Å². The fourth-order valence-corrected chi connectivity index (χ4v) is 5.37. The highest BCUT2D eigenvalue weighted by atomic mass is 19.1. The zero-order valence-corrected chi connectivity index (χ0v) is 17.4. The van der Waals surface area contributed by atoms with E-state index in [0.717, 1.165) is 41.7 Å². The monoisotopic (exact) mass is 368 g/mol. The van der Waals surface area contributed by atoms with E-state index in [1.807, 2.05) is 12.1 Å². The molecular formula is C26H37F. The minimum atomic E-state index is -0.0916. The Bertz CT molecular complexity index is 634. The summed E-state index contributed by atoms with van der Waals surface area (Å²) in [7, 11) is 0. The van der Waals surface area contributed by atoms with Crippen LogP contribution >= 0.6 is 0 Å². The van der Waals surface area contributed by atoms with Gasteiger partial charge in [0.25, 0.3) is 0 Å². The number of hydrogen-bond donors (Lipinski definition) is 0. The summed E-state index contributed by atoms with van der Waals surface area (Å²) < 4.78 is 14.1. The normalized spacial score (nSPS) is 28.4. The van der Waals surface area contributed by atoms with Gasteiger partial charge in [0, 0.05) is 11.5 Å². The molecule has 0 atom stereocenters. The molecule has 0 nitrogen and oxygen atoms in total. The first-order valence-electron chi connectivity index (χ1n) is 11.5. The molecule has 2 aliphatic rings. The molecule has 0 unspecified atom stereocenters. The van der Waals surface area contributed by atoms with Crippen molar-refractivity contribution in [1.82, 2.24) is 0 Å².